The zero-order chi connectivity index (χ0) is 6.10. The second-order valence-corrected chi connectivity index (χ2v) is 2.52. The van der Waals surface area contributed by atoms with Crippen molar-refractivity contribution in [3.05, 3.63) is 23.7 Å². The second kappa shape index (κ2) is 1.90. The maximum atomic E-state index is 5.44. The first-order valence-electron chi connectivity index (χ1n) is 3.51. The van der Waals surface area contributed by atoms with E-state index in [1.807, 2.05) is 0 Å². The fourth-order valence-corrected chi connectivity index (χ4v) is 0.878. The molecule has 0 radical (unpaired) electrons. The molecule has 0 amide bonds. The van der Waals surface area contributed by atoms with Crippen molar-refractivity contribution in [2.45, 2.75) is 25.7 Å². The average Bonchev–Trinajstić information content (AvgIpc) is 1.57. The summed E-state index contributed by atoms with van der Waals surface area (Å²) in [5.41, 5.74) is 0. The standard InChI is InChI=1S/C8H10O/c1-3-7(4-1)9-8-5-2-6-8/h3,5H,1-2,4,6H2. The molecule has 0 spiro atoms. The summed E-state index contributed by atoms with van der Waals surface area (Å²) in [4.78, 5) is 0. The molecule has 0 saturated carbocycles. The highest BCUT2D eigenvalue weighted by Gasteiger charge is 2.12. The third kappa shape index (κ3) is 0.869. The van der Waals surface area contributed by atoms with Gasteiger partial charge in [-0.15, -0.1) is 0 Å². The van der Waals surface area contributed by atoms with E-state index in [1.165, 1.54) is 24.4 Å². The topological polar surface area (TPSA) is 9.23 Å². The molecular weight excluding hydrogens is 112 g/mol. The van der Waals surface area contributed by atoms with Gasteiger partial charge in [-0.05, 0) is 25.0 Å². The van der Waals surface area contributed by atoms with Crippen LogP contribution in [0.4, 0.5) is 0 Å². The monoisotopic (exact) mass is 122 g/mol. The highest BCUT2D eigenvalue weighted by atomic mass is 16.5. The molecule has 1 nitrogen and oxygen atoms in total. The van der Waals surface area contributed by atoms with Gasteiger partial charge in [0.2, 0.25) is 0 Å². The van der Waals surface area contributed by atoms with Crippen LogP contribution in [0, 0.1) is 0 Å². The van der Waals surface area contributed by atoms with Crippen LogP contribution < -0.4 is 0 Å². The summed E-state index contributed by atoms with van der Waals surface area (Å²) in [5, 5.41) is 0. The quantitative estimate of drug-likeness (QED) is 0.546. The SMILES string of the molecule is C1=C(OC2=CCC2)CC1. The van der Waals surface area contributed by atoms with Crippen LogP contribution in [0.25, 0.3) is 0 Å². The van der Waals surface area contributed by atoms with Crippen LogP contribution in [0.2, 0.25) is 0 Å². The molecule has 0 atom stereocenters. The van der Waals surface area contributed by atoms with Gasteiger partial charge in [-0.2, -0.15) is 0 Å². The predicted octanol–water partition coefficient (Wildman–Crippen LogP) is 2.36. The molecule has 2 aliphatic carbocycles. The Kier molecular flexibility index (Phi) is 1.08. The van der Waals surface area contributed by atoms with Crippen LogP contribution in [0.5, 0.6) is 0 Å². The lowest BCUT2D eigenvalue weighted by Crippen LogP contribution is -2.03. The largest absolute Gasteiger partial charge is 0.467 e. The molecule has 0 aromatic rings. The van der Waals surface area contributed by atoms with Gasteiger partial charge in [0.1, 0.15) is 0 Å². The number of rotatable bonds is 2. The van der Waals surface area contributed by atoms with Crippen LogP contribution in [0.3, 0.4) is 0 Å². The van der Waals surface area contributed by atoms with Gasteiger partial charge in [-0.25, -0.2) is 0 Å². The number of allylic oxidation sites excluding steroid dienone is 4. The molecule has 0 aliphatic heterocycles. The summed E-state index contributed by atoms with van der Waals surface area (Å²) < 4.78 is 5.44. The number of hydrogen-bond acceptors (Lipinski definition) is 1. The maximum Gasteiger partial charge on any atom is 0.0999 e. The fourth-order valence-electron chi connectivity index (χ4n) is 0.878. The Morgan fingerprint density at radius 1 is 1.00 bits per heavy atom. The van der Waals surface area contributed by atoms with Crippen LogP contribution in [-0.2, 0) is 4.74 Å². The van der Waals surface area contributed by atoms with Crippen LogP contribution in [-0.4, -0.2) is 0 Å². The minimum absolute atomic E-state index is 1.15. The molecule has 0 fully saturated rings. The van der Waals surface area contributed by atoms with E-state index in [0.717, 1.165) is 12.8 Å². The molecular formula is C8H10O. The summed E-state index contributed by atoms with van der Waals surface area (Å²) >= 11 is 0. The zero-order valence-corrected chi connectivity index (χ0v) is 5.39. The number of hydrogen-bond donors (Lipinski definition) is 0. The molecule has 0 N–H and O–H groups in total. The van der Waals surface area contributed by atoms with E-state index in [2.05, 4.69) is 12.2 Å². The Morgan fingerprint density at radius 2 is 1.44 bits per heavy atom. The molecule has 2 rings (SSSR count). The Hall–Kier alpha value is -0.720. The van der Waals surface area contributed by atoms with Gasteiger partial charge in [-0.3, -0.25) is 0 Å². The summed E-state index contributed by atoms with van der Waals surface area (Å²) in [7, 11) is 0. The summed E-state index contributed by atoms with van der Waals surface area (Å²) in [6.45, 7) is 0. The molecule has 9 heavy (non-hydrogen) atoms. The Bertz CT molecular complexity index is 157. The van der Waals surface area contributed by atoms with Gasteiger partial charge in [0.25, 0.3) is 0 Å². The Labute approximate surface area is 55.0 Å². The van der Waals surface area contributed by atoms with Crippen molar-refractivity contribution >= 4 is 0 Å². The maximum absolute atomic E-state index is 5.44. The van der Waals surface area contributed by atoms with Crippen molar-refractivity contribution in [1.82, 2.24) is 0 Å². The van der Waals surface area contributed by atoms with Crippen LogP contribution >= 0.6 is 0 Å². The predicted molar refractivity (Wildman–Crippen MR) is 35.7 cm³/mol. The van der Waals surface area contributed by atoms with Crippen molar-refractivity contribution in [3.8, 4) is 0 Å². The van der Waals surface area contributed by atoms with Crippen molar-refractivity contribution < 1.29 is 4.74 Å². The minimum atomic E-state index is 1.15. The van der Waals surface area contributed by atoms with Gasteiger partial charge in [0, 0.05) is 12.8 Å². The second-order valence-electron chi connectivity index (χ2n) is 2.52. The van der Waals surface area contributed by atoms with Crippen LogP contribution in [0.15, 0.2) is 23.7 Å². The summed E-state index contributed by atoms with van der Waals surface area (Å²) in [6, 6.07) is 0. The molecule has 0 unspecified atom stereocenters. The van der Waals surface area contributed by atoms with E-state index < -0.39 is 0 Å². The van der Waals surface area contributed by atoms with Gasteiger partial charge in [0.05, 0.1) is 11.5 Å². The van der Waals surface area contributed by atoms with Gasteiger partial charge >= 0.3 is 0 Å². The first kappa shape index (κ1) is 5.10. The Balaban J connectivity index is 1.89. The smallest absolute Gasteiger partial charge is 0.0999 e. The van der Waals surface area contributed by atoms with Gasteiger partial charge < -0.3 is 4.74 Å². The first-order chi connectivity index (χ1) is 4.45. The summed E-state index contributed by atoms with van der Waals surface area (Å²) in [5.74, 6) is 2.36. The van der Waals surface area contributed by atoms with Gasteiger partial charge in [0.15, 0.2) is 0 Å². The molecule has 0 aromatic heterocycles. The molecule has 0 heterocycles. The lowest BCUT2D eigenvalue weighted by Gasteiger charge is -2.21. The first-order valence-corrected chi connectivity index (χ1v) is 3.51. The highest BCUT2D eigenvalue weighted by Crippen LogP contribution is 2.27. The molecule has 0 saturated heterocycles. The third-order valence-electron chi connectivity index (χ3n) is 1.79. The van der Waals surface area contributed by atoms with Crippen molar-refractivity contribution in [1.29, 1.82) is 0 Å². The lowest BCUT2D eigenvalue weighted by molar-refractivity contribution is 0.247. The zero-order valence-electron chi connectivity index (χ0n) is 5.39. The normalized spacial score (nSPS) is 23.1. The lowest BCUT2D eigenvalue weighted by atomic mass is 10.1. The van der Waals surface area contributed by atoms with E-state index >= 15 is 0 Å². The van der Waals surface area contributed by atoms with Crippen LogP contribution in [0.1, 0.15) is 25.7 Å². The van der Waals surface area contributed by atoms with Crippen molar-refractivity contribution in [3.63, 3.8) is 0 Å². The van der Waals surface area contributed by atoms with E-state index in [-0.39, 0.29) is 0 Å². The molecule has 1 heteroatoms. The van der Waals surface area contributed by atoms with Crippen molar-refractivity contribution in [2.24, 2.45) is 0 Å². The fraction of sp³-hybridized carbons (Fsp3) is 0.500. The minimum Gasteiger partial charge on any atom is -0.467 e. The van der Waals surface area contributed by atoms with E-state index in [0.29, 0.717) is 0 Å². The molecule has 48 valence electrons. The van der Waals surface area contributed by atoms with Crippen molar-refractivity contribution in [2.75, 3.05) is 0 Å². The molecule has 0 bridgehead atoms. The number of ether oxygens (including phenoxy) is 1. The third-order valence-corrected chi connectivity index (χ3v) is 1.79. The molecule has 0 aromatic carbocycles. The molecule has 2 aliphatic rings. The van der Waals surface area contributed by atoms with E-state index in [4.69, 9.17) is 4.74 Å². The highest BCUT2D eigenvalue weighted by molar-refractivity contribution is 5.13. The summed E-state index contributed by atoms with van der Waals surface area (Å²) in [6.07, 6.45) is 9.03. The Morgan fingerprint density at radius 3 is 1.67 bits per heavy atom. The van der Waals surface area contributed by atoms with Gasteiger partial charge in [-0.1, -0.05) is 0 Å². The van der Waals surface area contributed by atoms with E-state index in [1.54, 1.807) is 0 Å². The average molecular weight is 122 g/mol. The van der Waals surface area contributed by atoms with E-state index in [9.17, 15) is 0 Å².